The molecule has 0 aliphatic rings. The van der Waals surface area contributed by atoms with Gasteiger partial charge >= 0.3 is 5.97 Å². The van der Waals surface area contributed by atoms with Crippen LogP contribution in [-0.2, 0) is 9.53 Å². The Morgan fingerprint density at radius 2 is 2.00 bits per heavy atom. The van der Waals surface area contributed by atoms with E-state index in [2.05, 4.69) is 10.1 Å². The number of esters is 1. The molecule has 1 aromatic carbocycles. The van der Waals surface area contributed by atoms with Crippen molar-refractivity contribution in [2.24, 2.45) is 5.73 Å². The van der Waals surface area contributed by atoms with Gasteiger partial charge in [-0.05, 0) is 44.0 Å². The van der Waals surface area contributed by atoms with Gasteiger partial charge in [0, 0.05) is 5.56 Å². The Hall–Kier alpha value is -2.28. The van der Waals surface area contributed by atoms with E-state index in [1.165, 1.54) is 19.2 Å². The Balaban J connectivity index is 2.74. The van der Waals surface area contributed by atoms with Gasteiger partial charge in [0.1, 0.15) is 6.04 Å². The first-order chi connectivity index (χ1) is 9.99. The van der Waals surface area contributed by atoms with E-state index >= 15 is 0 Å². The molecule has 1 amide bonds. The second-order valence-electron chi connectivity index (χ2n) is 4.54. The SMILES string of the molecule is COC(=O)C(CCCCN)NC(=O)c1ccc(O)c(O)c1. The first-order valence-corrected chi connectivity index (χ1v) is 6.60. The van der Waals surface area contributed by atoms with Gasteiger partial charge in [-0.3, -0.25) is 4.79 Å². The standard InChI is InChI=1S/C14H20N2O5/c1-21-14(20)10(4-2-3-7-15)16-13(19)9-5-6-11(17)12(18)8-9/h5-6,8,10,17-18H,2-4,7,15H2,1H3,(H,16,19). The third-order valence-corrected chi connectivity index (χ3v) is 2.98. The molecule has 0 aliphatic heterocycles. The molecule has 7 heteroatoms. The molecule has 116 valence electrons. The van der Waals surface area contributed by atoms with Gasteiger partial charge in [-0.1, -0.05) is 0 Å². The molecular weight excluding hydrogens is 276 g/mol. The first kappa shape index (κ1) is 16.8. The van der Waals surface area contributed by atoms with Crippen molar-refractivity contribution >= 4 is 11.9 Å². The fourth-order valence-electron chi connectivity index (χ4n) is 1.79. The van der Waals surface area contributed by atoms with E-state index in [1.54, 1.807) is 0 Å². The van der Waals surface area contributed by atoms with Crippen LogP contribution in [0, 0.1) is 0 Å². The third-order valence-electron chi connectivity index (χ3n) is 2.98. The van der Waals surface area contributed by atoms with E-state index in [4.69, 9.17) is 5.73 Å². The summed E-state index contributed by atoms with van der Waals surface area (Å²) < 4.78 is 4.65. The number of ether oxygens (including phenoxy) is 1. The minimum Gasteiger partial charge on any atom is -0.504 e. The maximum atomic E-state index is 12.0. The molecule has 7 nitrogen and oxygen atoms in total. The molecule has 0 radical (unpaired) electrons. The number of nitrogens with two attached hydrogens (primary N) is 1. The van der Waals surface area contributed by atoms with E-state index in [-0.39, 0.29) is 11.3 Å². The summed E-state index contributed by atoms with van der Waals surface area (Å²) in [5, 5.41) is 21.1. The molecule has 0 heterocycles. The lowest BCUT2D eigenvalue weighted by atomic mass is 10.1. The van der Waals surface area contributed by atoms with Crippen molar-refractivity contribution in [3.63, 3.8) is 0 Å². The summed E-state index contributed by atoms with van der Waals surface area (Å²) in [5.74, 6) is -1.80. The number of nitrogens with one attached hydrogen (secondary N) is 1. The lowest BCUT2D eigenvalue weighted by molar-refractivity contribution is -0.143. The fourth-order valence-corrected chi connectivity index (χ4v) is 1.79. The summed E-state index contributed by atoms with van der Waals surface area (Å²) in [6.45, 7) is 0.508. The molecule has 0 bridgehead atoms. The lowest BCUT2D eigenvalue weighted by Crippen LogP contribution is -2.41. The zero-order chi connectivity index (χ0) is 15.8. The van der Waals surface area contributed by atoms with Crippen molar-refractivity contribution in [3.05, 3.63) is 23.8 Å². The van der Waals surface area contributed by atoms with Gasteiger partial charge in [0.05, 0.1) is 7.11 Å². The van der Waals surface area contributed by atoms with Crippen LogP contribution in [0.2, 0.25) is 0 Å². The second kappa shape index (κ2) is 8.11. The van der Waals surface area contributed by atoms with Gasteiger partial charge in [-0.15, -0.1) is 0 Å². The average molecular weight is 296 g/mol. The molecule has 0 saturated carbocycles. The quantitative estimate of drug-likeness (QED) is 0.330. The van der Waals surface area contributed by atoms with Crippen LogP contribution in [0.15, 0.2) is 18.2 Å². The van der Waals surface area contributed by atoms with Crippen molar-refractivity contribution in [3.8, 4) is 11.5 Å². The van der Waals surface area contributed by atoms with Crippen LogP contribution in [0.5, 0.6) is 11.5 Å². The number of hydrogen-bond acceptors (Lipinski definition) is 6. The van der Waals surface area contributed by atoms with Gasteiger partial charge in [0.15, 0.2) is 11.5 Å². The summed E-state index contributed by atoms with van der Waals surface area (Å²) in [6, 6.07) is 2.90. The highest BCUT2D eigenvalue weighted by atomic mass is 16.5. The lowest BCUT2D eigenvalue weighted by Gasteiger charge is -2.16. The number of methoxy groups -OCH3 is 1. The third kappa shape index (κ3) is 4.96. The van der Waals surface area contributed by atoms with Crippen molar-refractivity contribution in [2.75, 3.05) is 13.7 Å². The molecule has 21 heavy (non-hydrogen) atoms. The topological polar surface area (TPSA) is 122 Å². The molecule has 5 N–H and O–H groups in total. The number of unbranched alkanes of at least 4 members (excludes halogenated alkanes) is 1. The normalized spacial score (nSPS) is 11.7. The summed E-state index contributed by atoms with van der Waals surface area (Å²) in [5.41, 5.74) is 5.53. The van der Waals surface area contributed by atoms with Gasteiger partial charge in [0.2, 0.25) is 0 Å². The number of carbonyl (C=O) groups is 2. The van der Waals surface area contributed by atoms with Crippen LogP contribution in [0.1, 0.15) is 29.6 Å². The monoisotopic (exact) mass is 296 g/mol. The largest absolute Gasteiger partial charge is 0.504 e. The van der Waals surface area contributed by atoms with Gasteiger partial charge in [0.25, 0.3) is 5.91 Å². The molecule has 0 saturated heterocycles. The van der Waals surface area contributed by atoms with Crippen molar-refractivity contribution in [2.45, 2.75) is 25.3 Å². The van der Waals surface area contributed by atoms with Crippen LogP contribution in [0.3, 0.4) is 0 Å². The number of amides is 1. The van der Waals surface area contributed by atoms with E-state index in [1.807, 2.05) is 0 Å². The number of phenols is 2. The minimum absolute atomic E-state index is 0.137. The maximum Gasteiger partial charge on any atom is 0.328 e. The van der Waals surface area contributed by atoms with Crippen LogP contribution in [0.25, 0.3) is 0 Å². The molecular formula is C14H20N2O5. The molecule has 0 spiro atoms. The minimum atomic E-state index is -0.773. The van der Waals surface area contributed by atoms with Crippen molar-refractivity contribution in [1.29, 1.82) is 0 Å². The molecule has 1 rings (SSSR count). The number of hydrogen-bond donors (Lipinski definition) is 4. The molecule has 1 aromatic rings. The fraction of sp³-hybridized carbons (Fsp3) is 0.429. The average Bonchev–Trinajstić information content (AvgIpc) is 2.48. The van der Waals surface area contributed by atoms with Crippen molar-refractivity contribution < 1.29 is 24.5 Å². The Kier molecular flexibility index (Phi) is 6.48. The molecule has 0 aromatic heterocycles. The summed E-state index contributed by atoms with van der Waals surface area (Å²) >= 11 is 0. The van der Waals surface area contributed by atoms with E-state index < -0.39 is 23.7 Å². The number of phenolic OH excluding ortho intramolecular Hbond substituents is 2. The molecule has 0 aliphatic carbocycles. The maximum absolute atomic E-state index is 12.0. The number of benzene rings is 1. The van der Waals surface area contributed by atoms with Crippen molar-refractivity contribution in [1.82, 2.24) is 5.32 Å². The van der Waals surface area contributed by atoms with Gasteiger partial charge in [-0.25, -0.2) is 4.79 Å². The highest BCUT2D eigenvalue weighted by Gasteiger charge is 2.22. The Bertz CT molecular complexity index is 504. The number of carbonyl (C=O) groups excluding carboxylic acids is 2. The molecule has 1 unspecified atom stereocenters. The van der Waals surface area contributed by atoms with Gasteiger partial charge < -0.3 is 26.0 Å². The summed E-state index contributed by atoms with van der Waals surface area (Å²) in [7, 11) is 1.25. The smallest absolute Gasteiger partial charge is 0.328 e. The van der Waals surface area contributed by atoms with E-state index in [0.29, 0.717) is 19.4 Å². The Morgan fingerprint density at radius 1 is 1.29 bits per heavy atom. The first-order valence-electron chi connectivity index (χ1n) is 6.60. The zero-order valence-corrected chi connectivity index (χ0v) is 11.8. The molecule has 0 fully saturated rings. The highest BCUT2D eigenvalue weighted by Crippen LogP contribution is 2.24. The Morgan fingerprint density at radius 3 is 2.57 bits per heavy atom. The predicted molar refractivity (Wildman–Crippen MR) is 75.9 cm³/mol. The van der Waals surface area contributed by atoms with Gasteiger partial charge in [-0.2, -0.15) is 0 Å². The summed E-state index contributed by atoms with van der Waals surface area (Å²) in [4.78, 5) is 23.7. The van der Waals surface area contributed by atoms with Crippen LogP contribution in [-0.4, -0.2) is 41.8 Å². The Labute approximate surface area is 122 Å². The van der Waals surface area contributed by atoms with E-state index in [0.717, 1.165) is 12.5 Å². The van der Waals surface area contributed by atoms with Crippen LogP contribution < -0.4 is 11.1 Å². The number of aromatic hydroxyl groups is 2. The van der Waals surface area contributed by atoms with Crippen LogP contribution >= 0.6 is 0 Å². The zero-order valence-electron chi connectivity index (χ0n) is 11.8. The predicted octanol–water partition coefficient (Wildman–Crippen LogP) is 0.498. The molecule has 1 atom stereocenters. The summed E-state index contributed by atoms with van der Waals surface area (Å²) in [6.07, 6.45) is 1.83. The number of rotatable bonds is 7. The van der Waals surface area contributed by atoms with E-state index in [9.17, 15) is 19.8 Å². The van der Waals surface area contributed by atoms with Crippen LogP contribution in [0.4, 0.5) is 0 Å². The highest BCUT2D eigenvalue weighted by molar-refractivity contribution is 5.97. The second-order valence-corrected chi connectivity index (χ2v) is 4.54.